The Morgan fingerprint density at radius 1 is 0.667 bits per heavy atom. The minimum absolute atomic E-state index is 0.0171. The number of ether oxygens (including phenoxy) is 6. The van der Waals surface area contributed by atoms with Crippen molar-refractivity contribution in [3.8, 4) is 11.5 Å². The van der Waals surface area contributed by atoms with Crippen molar-refractivity contribution in [3.05, 3.63) is 59.7 Å². The molecule has 2 aromatic carbocycles. The second kappa shape index (κ2) is 17.6. The topological polar surface area (TPSA) is 116 Å². The Labute approximate surface area is 267 Å². The summed E-state index contributed by atoms with van der Waals surface area (Å²) in [5.41, 5.74) is 0.675. The van der Waals surface area contributed by atoms with E-state index in [2.05, 4.69) is 18.9 Å². The first kappa shape index (κ1) is 41.2. The number of aliphatic hydroxyl groups is 2. The molecule has 2 atom stereocenters. The summed E-state index contributed by atoms with van der Waals surface area (Å²) in [5, 5.41) is 28.5. The maximum atomic E-state index is 14.0. The summed E-state index contributed by atoms with van der Waals surface area (Å²) in [7, 11) is 0. The van der Waals surface area contributed by atoms with Crippen molar-refractivity contribution in [3.63, 3.8) is 0 Å². The molecule has 0 spiro atoms. The third-order valence-electron chi connectivity index (χ3n) is 5.98. The summed E-state index contributed by atoms with van der Waals surface area (Å²) < 4.78 is 163. The van der Waals surface area contributed by atoms with E-state index in [1.807, 2.05) is 6.92 Å². The first-order valence-electron chi connectivity index (χ1n) is 14.1. The standard InChI is InChI=1S/C29H34F10O9/c1-2-3-4-24(42)46-14-20-7-5-19(6-8-20)13-43-17-25(30,31)27(34,35)48-29(38,39)28(36,37)47-26(32,33)18-44-15-22(41)16-45-23-11-9-21(40)10-12-23/h5-12,22,24,40-42H,2-4,13-18H2,1H3. The van der Waals surface area contributed by atoms with Gasteiger partial charge in [-0.25, -0.2) is 9.47 Å². The molecule has 19 heteroatoms. The van der Waals surface area contributed by atoms with Gasteiger partial charge >= 0.3 is 30.4 Å². The van der Waals surface area contributed by atoms with Crippen LogP contribution in [0.3, 0.4) is 0 Å². The van der Waals surface area contributed by atoms with E-state index in [4.69, 9.17) is 14.6 Å². The second-order valence-electron chi connectivity index (χ2n) is 10.3. The Kier molecular flexibility index (Phi) is 15.1. The lowest BCUT2D eigenvalue weighted by Gasteiger charge is -2.33. The summed E-state index contributed by atoms with van der Waals surface area (Å²) in [4.78, 5) is 0. The van der Waals surface area contributed by atoms with Gasteiger partial charge in [0.25, 0.3) is 0 Å². The molecule has 0 aliphatic carbocycles. The lowest BCUT2D eigenvalue weighted by molar-refractivity contribution is -0.530. The molecule has 3 N–H and O–H groups in total. The van der Waals surface area contributed by atoms with Crippen LogP contribution in [0.25, 0.3) is 0 Å². The molecule has 0 heterocycles. The van der Waals surface area contributed by atoms with Crippen LogP contribution in [0.4, 0.5) is 43.9 Å². The van der Waals surface area contributed by atoms with Gasteiger partial charge in [0.1, 0.15) is 37.4 Å². The average Bonchev–Trinajstić information content (AvgIpc) is 2.98. The third kappa shape index (κ3) is 13.5. The van der Waals surface area contributed by atoms with Crippen molar-refractivity contribution in [2.45, 2.75) is 82.2 Å². The molecule has 0 aromatic heterocycles. The zero-order valence-corrected chi connectivity index (χ0v) is 25.2. The van der Waals surface area contributed by atoms with Gasteiger partial charge in [0.2, 0.25) is 0 Å². The van der Waals surface area contributed by atoms with E-state index in [0.29, 0.717) is 12.0 Å². The largest absolute Gasteiger partial charge is 0.508 e. The Hall–Kier alpha value is -2.94. The number of aliphatic hydroxyl groups excluding tert-OH is 2. The first-order chi connectivity index (χ1) is 22.2. The molecule has 0 saturated heterocycles. The van der Waals surface area contributed by atoms with Crippen molar-refractivity contribution in [2.75, 3.05) is 26.4 Å². The Morgan fingerprint density at radius 3 is 1.81 bits per heavy atom. The van der Waals surface area contributed by atoms with Crippen LogP contribution < -0.4 is 4.74 Å². The van der Waals surface area contributed by atoms with Crippen molar-refractivity contribution in [1.29, 1.82) is 0 Å². The van der Waals surface area contributed by atoms with Crippen LogP contribution in [0, 0.1) is 0 Å². The van der Waals surface area contributed by atoms with Crippen molar-refractivity contribution >= 4 is 0 Å². The van der Waals surface area contributed by atoms with E-state index < -0.39 is 75.8 Å². The normalized spacial score (nSPS) is 14.6. The molecule has 0 aliphatic heterocycles. The fourth-order valence-corrected chi connectivity index (χ4v) is 3.44. The van der Waals surface area contributed by atoms with Gasteiger partial charge in [-0.1, -0.05) is 37.6 Å². The van der Waals surface area contributed by atoms with Gasteiger partial charge in [-0.3, -0.25) is 0 Å². The number of alkyl halides is 10. The zero-order valence-electron chi connectivity index (χ0n) is 25.2. The minimum atomic E-state index is -6.73. The molecule has 48 heavy (non-hydrogen) atoms. The number of phenolic OH excluding ortho intramolecular Hbond substituents is 1. The van der Waals surface area contributed by atoms with Crippen LogP contribution in [-0.2, 0) is 36.9 Å². The molecular weight excluding hydrogens is 682 g/mol. The van der Waals surface area contributed by atoms with Gasteiger partial charge in [0, 0.05) is 0 Å². The molecule has 0 fully saturated rings. The predicted molar refractivity (Wildman–Crippen MR) is 144 cm³/mol. The maximum absolute atomic E-state index is 14.0. The van der Waals surface area contributed by atoms with E-state index in [9.17, 15) is 54.1 Å². The third-order valence-corrected chi connectivity index (χ3v) is 5.98. The lowest BCUT2D eigenvalue weighted by atomic mass is 10.1. The first-order valence-corrected chi connectivity index (χ1v) is 14.1. The molecular formula is C29H34F10O9. The number of unbranched alkanes of at least 4 members (excludes halogenated alkanes) is 1. The average molecular weight is 717 g/mol. The van der Waals surface area contributed by atoms with E-state index in [1.165, 1.54) is 48.5 Å². The number of halogens is 10. The summed E-state index contributed by atoms with van der Waals surface area (Å²) in [5.74, 6) is -5.67. The van der Waals surface area contributed by atoms with Gasteiger partial charge in [-0.05, 0) is 48.2 Å². The highest BCUT2D eigenvalue weighted by Crippen LogP contribution is 2.47. The highest BCUT2D eigenvalue weighted by atomic mass is 19.3. The second-order valence-corrected chi connectivity index (χ2v) is 10.3. The molecule has 274 valence electrons. The molecule has 2 aromatic rings. The molecule has 2 unspecified atom stereocenters. The van der Waals surface area contributed by atoms with Gasteiger partial charge in [0.05, 0.1) is 19.8 Å². The fourth-order valence-electron chi connectivity index (χ4n) is 3.44. The van der Waals surface area contributed by atoms with E-state index in [1.54, 1.807) is 0 Å². The Balaban J connectivity index is 1.84. The molecule has 0 saturated carbocycles. The van der Waals surface area contributed by atoms with Crippen LogP contribution in [0.1, 0.15) is 37.3 Å². The highest BCUT2D eigenvalue weighted by molar-refractivity contribution is 5.30. The molecule has 0 bridgehead atoms. The summed E-state index contributed by atoms with van der Waals surface area (Å²) in [6.07, 6.45) is -25.8. The van der Waals surface area contributed by atoms with Crippen molar-refractivity contribution in [1.82, 2.24) is 0 Å². The van der Waals surface area contributed by atoms with Crippen LogP contribution in [0.5, 0.6) is 11.5 Å². The van der Waals surface area contributed by atoms with Crippen molar-refractivity contribution in [2.24, 2.45) is 0 Å². The van der Waals surface area contributed by atoms with E-state index >= 15 is 0 Å². The molecule has 0 amide bonds. The van der Waals surface area contributed by atoms with Gasteiger partial charge in [-0.2, -0.15) is 43.9 Å². The molecule has 9 nitrogen and oxygen atoms in total. The zero-order chi connectivity index (χ0) is 36.2. The summed E-state index contributed by atoms with van der Waals surface area (Å²) >= 11 is 0. The summed E-state index contributed by atoms with van der Waals surface area (Å²) in [6, 6.07) is 10.4. The smallest absolute Gasteiger partial charge is 0.453 e. The molecule has 2 rings (SSSR count). The Bertz CT molecular complexity index is 1220. The van der Waals surface area contributed by atoms with E-state index in [-0.39, 0.29) is 23.7 Å². The van der Waals surface area contributed by atoms with Crippen molar-refractivity contribution < 1.29 is 87.6 Å². The van der Waals surface area contributed by atoms with Crippen LogP contribution in [0.15, 0.2) is 48.5 Å². The lowest BCUT2D eigenvalue weighted by Crippen LogP contribution is -2.57. The highest BCUT2D eigenvalue weighted by Gasteiger charge is 2.72. The number of aromatic hydroxyl groups is 1. The van der Waals surface area contributed by atoms with E-state index in [0.717, 1.165) is 12.8 Å². The minimum Gasteiger partial charge on any atom is -0.508 e. The van der Waals surface area contributed by atoms with Crippen LogP contribution in [0.2, 0.25) is 0 Å². The predicted octanol–water partition coefficient (Wildman–Crippen LogP) is 6.43. The summed E-state index contributed by atoms with van der Waals surface area (Å²) in [6.45, 7) is -5.05. The SMILES string of the molecule is CCCCC(O)OCc1ccc(COCC(F)(F)C(F)(F)OC(F)(F)C(F)(F)OC(F)(F)COCC(O)COc2ccc(O)cc2)cc1. The number of hydrogen-bond donors (Lipinski definition) is 3. The van der Waals surface area contributed by atoms with Gasteiger partial charge in [0.15, 0.2) is 6.29 Å². The van der Waals surface area contributed by atoms with Gasteiger partial charge in [-0.15, -0.1) is 0 Å². The number of hydrogen-bond acceptors (Lipinski definition) is 9. The quantitative estimate of drug-likeness (QED) is 0.0885. The van der Waals surface area contributed by atoms with Crippen LogP contribution >= 0.6 is 0 Å². The molecule has 0 aliphatic rings. The van der Waals surface area contributed by atoms with Crippen LogP contribution in [-0.4, -0.2) is 84.5 Å². The number of phenols is 1. The maximum Gasteiger partial charge on any atom is 0.453 e. The molecule has 0 radical (unpaired) electrons. The fraction of sp³-hybridized carbons (Fsp3) is 0.586. The number of rotatable bonds is 23. The number of benzene rings is 2. The monoisotopic (exact) mass is 716 g/mol. The van der Waals surface area contributed by atoms with Gasteiger partial charge < -0.3 is 34.3 Å². The Morgan fingerprint density at radius 2 is 1.23 bits per heavy atom.